The maximum Gasteiger partial charge on any atom is 0.0541 e. The third kappa shape index (κ3) is 20.2. The van der Waals surface area contributed by atoms with E-state index >= 15 is 0 Å². The zero-order valence-electron chi connectivity index (χ0n) is 18.2. The molecule has 0 aromatic rings. The van der Waals surface area contributed by atoms with Crippen LogP contribution in [0.15, 0.2) is 0 Å². The van der Waals surface area contributed by atoms with Crippen molar-refractivity contribution < 1.29 is 10.2 Å². The summed E-state index contributed by atoms with van der Waals surface area (Å²) in [5, 5.41) is 20.1. The van der Waals surface area contributed by atoms with Crippen LogP contribution in [0.3, 0.4) is 0 Å². The molecule has 2 N–H and O–H groups in total. The Hall–Kier alpha value is -0.0800. The van der Waals surface area contributed by atoms with Crippen molar-refractivity contribution in [2.45, 2.75) is 154 Å². The fraction of sp³-hybridized carbons (Fsp3) is 1.00. The van der Waals surface area contributed by atoms with E-state index in [-0.39, 0.29) is 12.2 Å². The smallest absolute Gasteiger partial charge is 0.0541 e. The second-order valence-corrected chi connectivity index (χ2v) is 8.41. The van der Waals surface area contributed by atoms with Crippen LogP contribution in [0.2, 0.25) is 0 Å². The standard InChI is InChI=1S/C24H50O2/c1-3-5-7-9-11-13-15-17-19-23(25)21-22-24(26)20-18-16-14-12-10-8-6-4-2/h23-26H,3-22H2,1-2H3. The van der Waals surface area contributed by atoms with Crippen LogP contribution in [0.1, 0.15) is 142 Å². The summed E-state index contributed by atoms with van der Waals surface area (Å²) in [4.78, 5) is 0. The van der Waals surface area contributed by atoms with Crippen molar-refractivity contribution in [3.8, 4) is 0 Å². The molecule has 158 valence electrons. The number of hydrogen-bond acceptors (Lipinski definition) is 2. The van der Waals surface area contributed by atoms with Gasteiger partial charge >= 0.3 is 0 Å². The maximum absolute atomic E-state index is 10.1. The quantitative estimate of drug-likeness (QED) is 0.205. The van der Waals surface area contributed by atoms with Crippen molar-refractivity contribution in [3.63, 3.8) is 0 Å². The van der Waals surface area contributed by atoms with Crippen LogP contribution in [-0.4, -0.2) is 22.4 Å². The second kappa shape index (κ2) is 21.2. The van der Waals surface area contributed by atoms with Crippen LogP contribution in [0.4, 0.5) is 0 Å². The Balaban J connectivity index is 3.30. The highest BCUT2D eigenvalue weighted by atomic mass is 16.3. The van der Waals surface area contributed by atoms with Gasteiger partial charge in [-0.2, -0.15) is 0 Å². The highest BCUT2D eigenvalue weighted by Crippen LogP contribution is 2.16. The maximum atomic E-state index is 10.1. The van der Waals surface area contributed by atoms with Gasteiger partial charge in [-0.3, -0.25) is 0 Å². The van der Waals surface area contributed by atoms with Crippen LogP contribution >= 0.6 is 0 Å². The molecule has 2 nitrogen and oxygen atoms in total. The third-order valence-corrected chi connectivity index (χ3v) is 5.61. The molecule has 0 radical (unpaired) electrons. The summed E-state index contributed by atoms with van der Waals surface area (Å²) >= 11 is 0. The van der Waals surface area contributed by atoms with E-state index in [1.807, 2.05) is 0 Å². The summed E-state index contributed by atoms with van der Waals surface area (Å²) in [6.45, 7) is 4.52. The van der Waals surface area contributed by atoms with E-state index in [1.54, 1.807) is 0 Å². The minimum atomic E-state index is -0.205. The van der Waals surface area contributed by atoms with Gasteiger partial charge in [0.15, 0.2) is 0 Å². The van der Waals surface area contributed by atoms with Gasteiger partial charge in [0, 0.05) is 0 Å². The minimum Gasteiger partial charge on any atom is -0.393 e. The summed E-state index contributed by atoms with van der Waals surface area (Å²) in [6, 6.07) is 0. The number of aliphatic hydroxyl groups excluding tert-OH is 2. The fourth-order valence-corrected chi connectivity index (χ4v) is 3.70. The van der Waals surface area contributed by atoms with Crippen molar-refractivity contribution in [2.24, 2.45) is 0 Å². The first kappa shape index (κ1) is 25.9. The van der Waals surface area contributed by atoms with E-state index in [9.17, 15) is 10.2 Å². The van der Waals surface area contributed by atoms with Gasteiger partial charge in [-0.05, 0) is 25.7 Å². The highest BCUT2D eigenvalue weighted by molar-refractivity contribution is 4.63. The Labute approximate surface area is 165 Å². The van der Waals surface area contributed by atoms with E-state index < -0.39 is 0 Å². The van der Waals surface area contributed by atoms with E-state index in [4.69, 9.17) is 0 Å². The van der Waals surface area contributed by atoms with Gasteiger partial charge in [0.05, 0.1) is 12.2 Å². The van der Waals surface area contributed by atoms with Crippen molar-refractivity contribution in [3.05, 3.63) is 0 Å². The molecule has 0 amide bonds. The summed E-state index contributed by atoms with van der Waals surface area (Å²) < 4.78 is 0. The number of unbranched alkanes of at least 4 members (excludes halogenated alkanes) is 14. The zero-order valence-corrected chi connectivity index (χ0v) is 18.2. The van der Waals surface area contributed by atoms with E-state index in [0.29, 0.717) is 0 Å². The summed E-state index contributed by atoms with van der Waals surface area (Å²) in [6.07, 6.45) is 24.0. The van der Waals surface area contributed by atoms with Gasteiger partial charge in [-0.1, -0.05) is 117 Å². The Bertz CT molecular complexity index is 229. The Kier molecular flexibility index (Phi) is 21.2. The topological polar surface area (TPSA) is 40.5 Å². The second-order valence-electron chi connectivity index (χ2n) is 8.41. The lowest BCUT2D eigenvalue weighted by Gasteiger charge is -2.14. The lowest BCUT2D eigenvalue weighted by Crippen LogP contribution is -2.13. The molecule has 0 aromatic heterocycles. The molecule has 0 heterocycles. The van der Waals surface area contributed by atoms with Crippen molar-refractivity contribution in [1.29, 1.82) is 0 Å². The average molecular weight is 371 g/mol. The van der Waals surface area contributed by atoms with Crippen molar-refractivity contribution >= 4 is 0 Å². The van der Waals surface area contributed by atoms with Crippen LogP contribution in [0.5, 0.6) is 0 Å². The molecule has 26 heavy (non-hydrogen) atoms. The molecule has 0 saturated heterocycles. The van der Waals surface area contributed by atoms with Crippen LogP contribution in [0, 0.1) is 0 Å². The number of aliphatic hydroxyl groups is 2. The Morgan fingerprint density at radius 3 is 0.962 bits per heavy atom. The first-order valence-electron chi connectivity index (χ1n) is 12.1. The normalized spacial score (nSPS) is 13.8. The average Bonchev–Trinajstić information content (AvgIpc) is 2.64. The Morgan fingerprint density at radius 1 is 0.385 bits per heavy atom. The number of hydrogen-bond donors (Lipinski definition) is 2. The van der Waals surface area contributed by atoms with Gasteiger partial charge in [0.25, 0.3) is 0 Å². The van der Waals surface area contributed by atoms with Crippen LogP contribution in [-0.2, 0) is 0 Å². The predicted molar refractivity (Wildman–Crippen MR) is 116 cm³/mol. The molecular weight excluding hydrogens is 320 g/mol. The largest absolute Gasteiger partial charge is 0.393 e. The molecule has 0 aromatic carbocycles. The monoisotopic (exact) mass is 370 g/mol. The minimum absolute atomic E-state index is 0.205. The zero-order chi connectivity index (χ0) is 19.3. The highest BCUT2D eigenvalue weighted by Gasteiger charge is 2.09. The molecule has 0 rings (SSSR count). The molecular formula is C24H50O2. The summed E-state index contributed by atoms with van der Waals surface area (Å²) in [5.74, 6) is 0. The molecule has 2 heteroatoms. The molecule has 2 atom stereocenters. The molecule has 0 saturated carbocycles. The van der Waals surface area contributed by atoms with Gasteiger partial charge < -0.3 is 10.2 Å². The first-order valence-corrected chi connectivity index (χ1v) is 12.1. The van der Waals surface area contributed by atoms with Gasteiger partial charge in [-0.15, -0.1) is 0 Å². The van der Waals surface area contributed by atoms with E-state index in [1.165, 1.54) is 89.9 Å². The van der Waals surface area contributed by atoms with E-state index in [0.717, 1.165) is 38.5 Å². The summed E-state index contributed by atoms with van der Waals surface area (Å²) in [7, 11) is 0. The molecule has 0 bridgehead atoms. The molecule has 0 fully saturated rings. The predicted octanol–water partition coefficient (Wildman–Crippen LogP) is 7.55. The molecule has 0 aliphatic rings. The fourth-order valence-electron chi connectivity index (χ4n) is 3.70. The molecule has 0 spiro atoms. The number of rotatable bonds is 21. The first-order chi connectivity index (χ1) is 12.7. The summed E-state index contributed by atoms with van der Waals surface area (Å²) in [5.41, 5.74) is 0. The lowest BCUT2D eigenvalue weighted by atomic mass is 10.00. The van der Waals surface area contributed by atoms with Gasteiger partial charge in [0.1, 0.15) is 0 Å². The van der Waals surface area contributed by atoms with Gasteiger partial charge in [0.2, 0.25) is 0 Å². The molecule has 0 aliphatic carbocycles. The van der Waals surface area contributed by atoms with Crippen molar-refractivity contribution in [1.82, 2.24) is 0 Å². The molecule has 0 aliphatic heterocycles. The van der Waals surface area contributed by atoms with Crippen molar-refractivity contribution in [2.75, 3.05) is 0 Å². The van der Waals surface area contributed by atoms with E-state index in [2.05, 4.69) is 13.8 Å². The lowest BCUT2D eigenvalue weighted by molar-refractivity contribution is 0.101. The Morgan fingerprint density at radius 2 is 0.654 bits per heavy atom. The van der Waals surface area contributed by atoms with Gasteiger partial charge in [-0.25, -0.2) is 0 Å². The molecule has 2 unspecified atom stereocenters. The van der Waals surface area contributed by atoms with Crippen LogP contribution < -0.4 is 0 Å². The van der Waals surface area contributed by atoms with Crippen LogP contribution in [0.25, 0.3) is 0 Å². The third-order valence-electron chi connectivity index (χ3n) is 5.61. The SMILES string of the molecule is CCCCCCCCCCC(O)CCC(O)CCCCCCCCCC.